The number of benzene rings is 1. The molecule has 0 aliphatic carbocycles. The van der Waals surface area contributed by atoms with Crippen LogP contribution in [0, 0.1) is 17.8 Å². The summed E-state index contributed by atoms with van der Waals surface area (Å²) in [4.78, 5) is 106. The van der Waals surface area contributed by atoms with Gasteiger partial charge in [0, 0.05) is 43.4 Å². The lowest BCUT2D eigenvalue weighted by atomic mass is 9.94. The van der Waals surface area contributed by atoms with Crippen LogP contribution in [0.3, 0.4) is 0 Å². The summed E-state index contributed by atoms with van der Waals surface area (Å²) in [5.74, 6) is -7.57. The molecule has 0 saturated heterocycles. The average molecular weight is 772 g/mol. The van der Waals surface area contributed by atoms with Gasteiger partial charge in [0.25, 0.3) is 0 Å². The first kappa shape index (κ1) is 45.7. The van der Waals surface area contributed by atoms with Crippen LogP contribution in [0.5, 0.6) is 0 Å². The zero-order chi connectivity index (χ0) is 41.4. The molecule has 304 valence electrons. The highest BCUT2D eigenvalue weighted by Gasteiger charge is 2.35. The molecule has 7 atom stereocenters. The summed E-state index contributed by atoms with van der Waals surface area (Å²) in [6.07, 6.45) is 1.40. The maximum Gasteiger partial charge on any atom is 0.305 e. The van der Waals surface area contributed by atoms with Crippen LogP contribution in [0.4, 0.5) is 0 Å². The predicted molar refractivity (Wildman–Crippen MR) is 203 cm³/mol. The van der Waals surface area contributed by atoms with Gasteiger partial charge in [0.1, 0.15) is 30.2 Å². The second kappa shape index (κ2) is 22.0. The topological polar surface area (TPSA) is 265 Å². The molecule has 2 rings (SSSR count). The molecular formula is C38H57N7O10. The first-order valence-corrected chi connectivity index (χ1v) is 18.6. The molecule has 0 fully saturated rings. The second-order valence-corrected chi connectivity index (χ2v) is 14.2. The number of carbonyl (C=O) groups excluding carboxylic acids is 6. The lowest BCUT2D eigenvalue weighted by Crippen LogP contribution is -2.61. The van der Waals surface area contributed by atoms with Crippen LogP contribution in [0.2, 0.25) is 0 Å². The van der Waals surface area contributed by atoms with Gasteiger partial charge in [0.05, 0.1) is 6.42 Å². The Hall–Kier alpha value is -5.48. The summed E-state index contributed by atoms with van der Waals surface area (Å²) in [6.45, 7) is 11.6. The molecule has 2 aromatic rings. The number of hydrogen-bond donors (Lipinski definition) is 9. The number of amides is 6. The molecule has 0 radical (unpaired) electrons. The first-order valence-electron chi connectivity index (χ1n) is 18.6. The Bertz CT molecular complexity index is 1680. The monoisotopic (exact) mass is 771 g/mol. The number of aromatic nitrogens is 1. The zero-order valence-electron chi connectivity index (χ0n) is 32.6. The molecule has 0 unspecified atom stereocenters. The standard InChI is InChI=1S/C38H57N7O10/c1-8-21(5)32(41-23(7)46)38(55)45-33(22(6)9-2)37(54)43-28(18-24-19-40-26-13-11-10-12-25(24)26)35(52)42-27(14-15-29(47)48)34(51)44-31(20(3)4)36(53)39-17-16-30(49)50/h10-13,19-22,27-28,31-33,40H,8-9,14-18H2,1-7H3,(H,39,53)(H,41,46)(H,42,52)(H,43,54)(H,44,51)(H,45,55)(H,47,48)(H,49,50)/t21-,22-,27-,28-,31-,32-,33-/m0/s1. The minimum atomic E-state index is -1.46. The average Bonchev–Trinajstić information content (AvgIpc) is 3.54. The van der Waals surface area contributed by atoms with Crippen LogP contribution in [0.1, 0.15) is 86.1 Å². The molecule has 6 amide bonds. The third-order valence-corrected chi connectivity index (χ3v) is 9.54. The lowest BCUT2D eigenvalue weighted by Gasteiger charge is -2.30. The minimum Gasteiger partial charge on any atom is -0.481 e. The first-order chi connectivity index (χ1) is 25.9. The fraction of sp³-hybridized carbons (Fsp3) is 0.579. The van der Waals surface area contributed by atoms with Crippen molar-refractivity contribution in [2.45, 2.75) is 117 Å². The molecule has 1 aromatic carbocycles. The fourth-order valence-corrected chi connectivity index (χ4v) is 5.86. The van der Waals surface area contributed by atoms with E-state index in [1.807, 2.05) is 32.0 Å². The van der Waals surface area contributed by atoms with E-state index in [9.17, 15) is 43.5 Å². The highest BCUT2D eigenvalue weighted by atomic mass is 16.4. The molecule has 17 nitrogen and oxygen atoms in total. The Morgan fingerprint density at radius 3 is 1.75 bits per heavy atom. The van der Waals surface area contributed by atoms with Gasteiger partial charge >= 0.3 is 11.9 Å². The van der Waals surface area contributed by atoms with Crippen molar-refractivity contribution in [2.75, 3.05) is 6.54 Å². The molecular weight excluding hydrogens is 714 g/mol. The van der Waals surface area contributed by atoms with E-state index >= 15 is 0 Å². The number of fused-ring (bicyclic) bond motifs is 1. The van der Waals surface area contributed by atoms with E-state index in [0.717, 1.165) is 10.9 Å². The van der Waals surface area contributed by atoms with E-state index in [1.54, 1.807) is 40.0 Å². The van der Waals surface area contributed by atoms with Gasteiger partial charge in [-0.3, -0.25) is 38.4 Å². The Balaban J connectivity index is 2.48. The van der Waals surface area contributed by atoms with Crippen LogP contribution >= 0.6 is 0 Å². The van der Waals surface area contributed by atoms with Gasteiger partial charge in [-0.05, 0) is 35.8 Å². The Morgan fingerprint density at radius 2 is 1.18 bits per heavy atom. The molecule has 1 aromatic heterocycles. The number of carboxylic acid groups (broad SMARTS) is 2. The van der Waals surface area contributed by atoms with Crippen LogP contribution in [0.15, 0.2) is 30.5 Å². The summed E-state index contributed by atoms with van der Waals surface area (Å²) in [5.41, 5.74) is 1.41. The van der Waals surface area contributed by atoms with Gasteiger partial charge < -0.3 is 47.1 Å². The number of carbonyl (C=O) groups is 8. The fourth-order valence-electron chi connectivity index (χ4n) is 5.86. The maximum atomic E-state index is 14.2. The third kappa shape index (κ3) is 14.4. The van der Waals surface area contributed by atoms with Gasteiger partial charge in [-0.25, -0.2) is 0 Å². The predicted octanol–water partition coefficient (Wildman–Crippen LogP) is 1.36. The Labute approximate surface area is 320 Å². The number of aliphatic carboxylic acids is 2. The number of carboxylic acids is 2. The van der Waals surface area contributed by atoms with E-state index in [0.29, 0.717) is 18.4 Å². The highest BCUT2D eigenvalue weighted by molar-refractivity contribution is 5.97. The van der Waals surface area contributed by atoms with Crippen LogP contribution in [-0.4, -0.2) is 99.3 Å². The van der Waals surface area contributed by atoms with E-state index < -0.39 is 95.8 Å². The SMILES string of the molecule is CC[C@H](C)[C@H](NC(C)=O)C(=O)N[C@H](C(=O)N[C@@H](Cc1c[nH]c2ccccc12)C(=O)N[C@@H](CCC(=O)O)C(=O)N[C@H](C(=O)NCCC(=O)O)C(C)C)[C@@H](C)CC. The third-order valence-electron chi connectivity index (χ3n) is 9.54. The molecule has 55 heavy (non-hydrogen) atoms. The van der Waals surface area contributed by atoms with Crippen molar-refractivity contribution in [1.29, 1.82) is 0 Å². The van der Waals surface area contributed by atoms with E-state index in [-0.39, 0.29) is 31.7 Å². The van der Waals surface area contributed by atoms with Crippen molar-refractivity contribution in [1.82, 2.24) is 36.9 Å². The highest BCUT2D eigenvalue weighted by Crippen LogP contribution is 2.20. The number of para-hydroxylation sites is 1. The molecule has 17 heteroatoms. The Kier molecular flexibility index (Phi) is 18.3. The molecule has 0 aliphatic heterocycles. The second-order valence-electron chi connectivity index (χ2n) is 14.2. The van der Waals surface area contributed by atoms with E-state index in [4.69, 9.17) is 5.11 Å². The summed E-state index contributed by atoms with van der Waals surface area (Å²) in [6, 6.07) is 1.29. The van der Waals surface area contributed by atoms with Crippen molar-refractivity contribution in [2.24, 2.45) is 17.8 Å². The summed E-state index contributed by atoms with van der Waals surface area (Å²) >= 11 is 0. The lowest BCUT2D eigenvalue weighted by molar-refractivity contribution is -0.139. The van der Waals surface area contributed by atoms with Crippen molar-refractivity contribution in [3.63, 3.8) is 0 Å². The number of rotatable bonds is 23. The minimum absolute atomic E-state index is 0.0714. The molecule has 1 heterocycles. The zero-order valence-corrected chi connectivity index (χ0v) is 32.6. The van der Waals surface area contributed by atoms with Gasteiger partial charge in [-0.2, -0.15) is 0 Å². The number of hydrogen-bond acceptors (Lipinski definition) is 8. The van der Waals surface area contributed by atoms with Crippen LogP contribution < -0.4 is 31.9 Å². The van der Waals surface area contributed by atoms with Crippen LogP contribution in [0.25, 0.3) is 10.9 Å². The normalized spacial score (nSPS) is 15.0. The quantitative estimate of drug-likeness (QED) is 0.0783. The number of H-pyrrole nitrogens is 1. The van der Waals surface area contributed by atoms with Gasteiger partial charge in [-0.15, -0.1) is 0 Å². The summed E-state index contributed by atoms with van der Waals surface area (Å²) in [7, 11) is 0. The smallest absolute Gasteiger partial charge is 0.305 e. The van der Waals surface area contributed by atoms with Crippen LogP contribution in [-0.2, 0) is 44.8 Å². The van der Waals surface area contributed by atoms with E-state index in [2.05, 4.69) is 36.9 Å². The largest absolute Gasteiger partial charge is 0.481 e. The van der Waals surface area contributed by atoms with Crippen molar-refractivity contribution in [3.05, 3.63) is 36.0 Å². The summed E-state index contributed by atoms with van der Waals surface area (Å²) < 4.78 is 0. The van der Waals surface area contributed by atoms with Gasteiger partial charge in [-0.1, -0.05) is 72.6 Å². The maximum absolute atomic E-state index is 14.2. The number of nitrogens with one attached hydrogen (secondary N) is 7. The molecule has 0 spiro atoms. The molecule has 9 N–H and O–H groups in total. The van der Waals surface area contributed by atoms with E-state index in [1.165, 1.54) is 6.92 Å². The van der Waals surface area contributed by atoms with Crippen molar-refractivity contribution >= 4 is 58.3 Å². The Morgan fingerprint density at radius 1 is 0.655 bits per heavy atom. The van der Waals surface area contributed by atoms with Gasteiger partial charge in [0.15, 0.2) is 0 Å². The molecule has 0 saturated carbocycles. The van der Waals surface area contributed by atoms with Gasteiger partial charge in [0.2, 0.25) is 35.4 Å². The van der Waals surface area contributed by atoms with Crippen molar-refractivity contribution in [3.8, 4) is 0 Å². The number of aromatic amines is 1. The summed E-state index contributed by atoms with van der Waals surface area (Å²) in [5, 5.41) is 34.9. The van der Waals surface area contributed by atoms with Crippen molar-refractivity contribution < 1.29 is 48.6 Å². The molecule has 0 bridgehead atoms. The molecule has 0 aliphatic rings.